The topological polar surface area (TPSA) is 231 Å². The van der Waals surface area contributed by atoms with Gasteiger partial charge in [0.2, 0.25) is 23.6 Å². The third-order valence-corrected chi connectivity index (χ3v) is 6.56. The first-order valence-corrected chi connectivity index (χ1v) is 14.3. The van der Waals surface area contributed by atoms with Crippen LogP contribution in [0.3, 0.4) is 0 Å². The quantitative estimate of drug-likeness (QED) is 0.0826. The van der Waals surface area contributed by atoms with E-state index in [1.165, 1.54) is 39.0 Å². The second kappa shape index (κ2) is 21.6. The molecule has 0 heterocycles. The summed E-state index contributed by atoms with van der Waals surface area (Å²) < 4.78 is 0. The van der Waals surface area contributed by atoms with E-state index in [-0.39, 0.29) is 44.4 Å². The van der Waals surface area contributed by atoms with Gasteiger partial charge in [-0.15, -0.1) is 0 Å². The lowest BCUT2D eigenvalue weighted by molar-refractivity contribution is -0.143. The number of carbonyl (C=O) groups excluding carboxylic acids is 4. The number of hydrogen-bond donors (Lipinski definition) is 7. The van der Waals surface area contributed by atoms with E-state index < -0.39 is 53.8 Å². The number of carbonyl (C=O) groups is 6. The van der Waals surface area contributed by atoms with Crippen LogP contribution in [0.4, 0.5) is 0 Å². The van der Waals surface area contributed by atoms with Gasteiger partial charge in [0, 0.05) is 12.8 Å². The van der Waals surface area contributed by atoms with Crippen molar-refractivity contribution in [2.75, 3.05) is 0 Å². The summed E-state index contributed by atoms with van der Waals surface area (Å²) in [5.41, 5.74) is 10.6. The molecule has 9 N–H and O–H groups in total. The van der Waals surface area contributed by atoms with Crippen LogP contribution in [0.1, 0.15) is 110 Å². The summed E-state index contributed by atoms with van der Waals surface area (Å²) in [5.74, 6) is -5.10. The van der Waals surface area contributed by atoms with Gasteiger partial charge in [0.1, 0.15) is 18.1 Å². The van der Waals surface area contributed by atoms with Crippen LogP contribution in [-0.2, 0) is 28.8 Å². The highest BCUT2D eigenvalue weighted by molar-refractivity contribution is 5.90. The monoisotopic (exact) mass is 571 g/mol. The van der Waals surface area contributed by atoms with Crippen LogP contribution in [0, 0.1) is 0 Å². The minimum absolute atomic E-state index is 0.00257. The van der Waals surface area contributed by atoms with E-state index in [1.807, 2.05) is 0 Å². The lowest BCUT2D eigenvalue weighted by atomic mass is 10.0. The highest BCUT2D eigenvalue weighted by Crippen LogP contribution is 2.11. The SMILES string of the molecule is CCCCCCCCCCCC(=O)N[C@@H](C)C(=O)N[C@H](CCC(=O)N[C@@H](CCC[C@H](N)C(N)=O)C(=O)O)C(=O)O. The van der Waals surface area contributed by atoms with Gasteiger partial charge in [0.15, 0.2) is 0 Å². The van der Waals surface area contributed by atoms with Crippen LogP contribution in [0.2, 0.25) is 0 Å². The van der Waals surface area contributed by atoms with E-state index in [2.05, 4.69) is 22.9 Å². The summed E-state index contributed by atoms with van der Waals surface area (Å²) in [6, 6.07) is -4.56. The number of primary amides is 1. The molecule has 0 spiro atoms. The van der Waals surface area contributed by atoms with Crippen molar-refractivity contribution in [2.45, 2.75) is 134 Å². The van der Waals surface area contributed by atoms with Crippen molar-refractivity contribution in [2.24, 2.45) is 11.5 Å². The second-order valence-electron chi connectivity index (χ2n) is 10.2. The predicted octanol–water partition coefficient (Wildman–Crippen LogP) is 1.31. The van der Waals surface area contributed by atoms with E-state index in [4.69, 9.17) is 11.5 Å². The van der Waals surface area contributed by atoms with E-state index >= 15 is 0 Å². The molecule has 230 valence electrons. The van der Waals surface area contributed by atoms with Crippen LogP contribution in [0.15, 0.2) is 0 Å². The van der Waals surface area contributed by atoms with Gasteiger partial charge < -0.3 is 37.6 Å². The molecule has 0 unspecified atom stereocenters. The molecule has 40 heavy (non-hydrogen) atoms. The number of aliphatic carboxylic acids is 2. The third kappa shape index (κ3) is 18.1. The highest BCUT2D eigenvalue weighted by Gasteiger charge is 2.26. The molecule has 0 aliphatic rings. The Bertz CT molecular complexity index is 823. The molecule has 4 atom stereocenters. The van der Waals surface area contributed by atoms with Gasteiger partial charge in [-0.1, -0.05) is 58.3 Å². The molecule has 0 rings (SSSR count). The molecule has 0 aliphatic heterocycles. The van der Waals surface area contributed by atoms with Crippen molar-refractivity contribution in [1.29, 1.82) is 0 Å². The van der Waals surface area contributed by atoms with Crippen molar-refractivity contribution < 1.29 is 39.0 Å². The summed E-state index contributed by atoms with van der Waals surface area (Å²) in [5, 5.41) is 25.9. The van der Waals surface area contributed by atoms with Crippen LogP contribution in [0.25, 0.3) is 0 Å². The number of unbranched alkanes of at least 4 members (excludes halogenated alkanes) is 8. The summed E-state index contributed by atoms with van der Waals surface area (Å²) in [6.45, 7) is 3.62. The molecule has 4 amide bonds. The Kier molecular flexibility index (Phi) is 19.8. The fraction of sp³-hybridized carbons (Fsp3) is 0.778. The van der Waals surface area contributed by atoms with Gasteiger partial charge in [-0.2, -0.15) is 0 Å². The van der Waals surface area contributed by atoms with Gasteiger partial charge in [-0.25, -0.2) is 9.59 Å². The van der Waals surface area contributed by atoms with E-state index in [0.717, 1.165) is 19.3 Å². The van der Waals surface area contributed by atoms with Gasteiger partial charge >= 0.3 is 11.9 Å². The number of hydrogen-bond acceptors (Lipinski definition) is 7. The zero-order chi connectivity index (χ0) is 30.5. The molecule has 13 nitrogen and oxygen atoms in total. The molecular weight excluding hydrogens is 522 g/mol. The van der Waals surface area contributed by atoms with E-state index in [0.29, 0.717) is 6.42 Å². The first-order valence-electron chi connectivity index (χ1n) is 14.3. The molecule has 0 radical (unpaired) electrons. The van der Waals surface area contributed by atoms with Crippen molar-refractivity contribution in [3.8, 4) is 0 Å². The maximum Gasteiger partial charge on any atom is 0.326 e. The molecule has 0 saturated carbocycles. The van der Waals surface area contributed by atoms with Crippen molar-refractivity contribution in [3.05, 3.63) is 0 Å². The number of amides is 4. The lowest BCUT2D eigenvalue weighted by Crippen LogP contribution is -2.50. The van der Waals surface area contributed by atoms with E-state index in [1.54, 1.807) is 0 Å². The molecule has 0 aromatic carbocycles. The number of carboxylic acid groups (broad SMARTS) is 2. The fourth-order valence-electron chi connectivity index (χ4n) is 4.01. The Balaban J connectivity index is 4.45. The van der Waals surface area contributed by atoms with Crippen LogP contribution in [-0.4, -0.2) is 69.9 Å². The molecule has 0 bridgehead atoms. The smallest absolute Gasteiger partial charge is 0.326 e. The molecule has 0 fully saturated rings. The highest BCUT2D eigenvalue weighted by atomic mass is 16.4. The number of carboxylic acids is 2. The summed E-state index contributed by atoms with van der Waals surface area (Å²) in [7, 11) is 0. The average molecular weight is 572 g/mol. The van der Waals surface area contributed by atoms with Crippen molar-refractivity contribution in [1.82, 2.24) is 16.0 Å². The Morgan fingerprint density at radius 2 is 1.15 bits per heavy atom. The summed E-state index contributed by atoms with van der Waals surface area (Å²) in [4.78, 5) is 70.9. The Labute approximate surface area is 236 Å². The first kappa shape index (κ1) is 36.8. The average Bonchev–Trinajstić information content (AvgIpc) is 2.88. The number of rotatable bonds is 24. The normalized spacial score (nSPS) is 13.9. The molecule has 0 aromatic heterocycles. The van der Waals surface area contributed by atoms with Gasteiger partial charge in [-0.3, -0.25) is 19.2 Å². The van der Waals surface area contributed by atoms with Crippen molar-refractivity contribution in [3.63, 3.8) is 0 Å². The molecule has 0 aliphatic carbocycles. The Morgan fingerprint density at radius 1 is 0.650 bits per heavy atom. The molecular formula is C27H49N5O8. The van der Waals surface area contributed by atoms with Gasteiger partial charge in [0.05, 0.1) is 6.04 Å². The minimum atomic E-state index is -1.41. The second-order valence-corrected chi connectivity index (χ2v) is 10.2. The van der Waals surface area contributed by atoms with Crippen LogP contribution < -0.4 is 27.4 Å². The van der Waals surface area contributed by atoms with Crippen molar-refractivity contribution >= 4 is 35.6 Å². The lowest BCUT2D eigenvalue weighted by Gasteiger charge is -2.19. The van der Waals surface area contributed by atoms with Gasteiger partial charge in [-0.05, 0) is 39.0 Å². The van der Waals surface area contributed by atoms with Gasteiger partial charge in [0.25, 0.3) is 0 Å². The Morgan fingerprint density at radius 3 is 1.68 bits per heavy atom. The third-order valence-electron chi connectivity index (χ3n) is 6.56. The molecule has 0 saturated heterocycles. The zero-order valence-corrected chi connectivity index (χ0v) is 23.9. The van der Waals surface area contributed by atoms with Crippen LogP contribution in [0.5, 0.6) is 0 Å². The first-order chi connectivity index (χ1) is 18.9. The fourth-order valence-corrected chi connectivity index (χ4v) is 4.01. The predicted molar refractivity (Wildman–Crippen MR) is 149 cm³/mol. The van der Waals surface area contributed by atoms with Crippen LogP contribution >= 0.6 is 0 Å². The van der Waals surface area contributed by atoms with E-state index in [9.17, 15) is 39.0 Å². The standard InChI is InChI=1S/C27H49N5O8/c1-3-4-5-6-7-8-9-10-11-15-22(33)30-18(2)25(36)32-21(27(39)40)16-17-23(34)31-20(26(37)38)14-12-13-19(28)24(29)35/h18-21H,3-17,28H2,1-2H3,(H2,29,35)(H,30,33)(H,31,34)(H,32,36)(H,37,38)(H,39,40)/t18-,19-,20-,21+/m0/s1. The largest absolute Gasteiger partial charge is 0.480 e. The zero-order valence-electron chi connectivity index (χ0n) is 23.9. The number of nitrogens with one attached hydrogen (secondary N) is 3. The molecule has 0 aromatic rings. The summed E-state index contributed by atoms with van der Waals surface area (Å²) in [6.07, 6.45) is 9.99. The maximum atomic E-state index is 12.4. The Hall–Kier alpha value is -3.22. The summed E-state index contributed by atoms with van der Waals surface area (Å²) >= 11 is 0. The minimum Gasteiger partial charge on any atom is -0.480 e. The maximum absolute atomic E-state index is 12.4. The number of nitrogens with two attached hydrogens (primary N) is 2. The molecule has 13 heteroatoms.